The van der Waals surface area contributed by atoms with Crippen LogP contribution in [0.25, 0.3) is 0 Å². The van der Waals surface area contributed by atoms with E-state index in [2.05, 4.69) is 43.4 Å². The standard InChI is InChI=1S/C14H17N5O/c1-15-12-16-13(18-14(17-12)20-2)19-9-5-7-10-6-3-4-8-11(10)19/h3-4,6,8H,5,7,9H2,1-2H3,(H,15,16,17,18). The maximum atomic E-state index is 5.15. The van der Waals surface area contributed by atoms with Crippen LogP contribution in [-0.4, -0.2) is 35.7 Å². The second-order valence-corrected chi connectivity index (χ2v) is 4.58. The van der Waals surface area contributed by atoms with Gasteiger partial charge in [-0.25, -0.2) is 0 Å². The van der Waals surface area contributed by atoms with Crippen LogP contribution in [0.3, 0.4) is 0 Å². The van der Waals surface area contributed by atoms with Gasteiger partial charge in [0.1, 0.15) is 0 Å². The van der Waals surface area contributed by atoms with Crippen LogP contribution in [0.4, 0.5) is 17.6 Å². The lowest BCUT2D eigenvalue weighted by atomic mass is 10.0. The van der Waals surface area contributed by atoms with Gasteiger partial charge in [-0.2, -0.15) is 15.0 Å². The Labute approximate surface area is 117 Å². The molecule has 0 bridgehead atoms. The number of methoxy groups -OCH3 is 1. The lowest BCUT2D eigenvalue weighted by Gasteiger charge is -2.29. The van der Waals surface area contributed by atoms with E-state index in [1.807, 2.05) is 6.07 Å². The van der Waals surface area contributed by atoms with E-state index in [-0.39, 0.29) is 0 Å². The highest BCUT2D eigenvalue weighted by Crippen LogP contribution is 2.32. The summed E-state index contributed by atoms with van der Waals surface area (Å²) in [5.41, 5.74) is 2.48. The van der Waals surface area contributed by atoms with Gasteiger partial charge >= 0.3 is 6.01 Å². The number of anilines is 3. The number of hydrogen-bond acceptors (Lipinski definition) is 6. The Morgan fingerprint density at radius 1 is 1.20 bits per heavy atom. The Morgan fingerprint density at radius 3 is 2.85 bits per heavy atom. The van der Waals surface area contributed by atoms with Crippen LogP contribution in [0, 0.1) is 0 Å². The molecule has 0 saturated carbocycles. The van der Waals surface area contributed by atoms with Crippen LogP contribution in [0.1, 0.15) is 12.0 Å². The zero-order valence-electron chi connectivity index (χ0n) is 11.6. The smallest absolute Gasteiger partial charge is 0.322 e. The summed E-state index contributed by atoms with van der Waals surface area (Å²) in [6.07, 6.45) is 2.17. The summed E-state index contributed by atoms with van der Waals surface area (Å²) >= 11 is 0. The number of aromatic nitrogens is 3. The number of para-hydroxylation sites is 1. The van der Waals surface area contributed by atoms with Gasteiger partial charge in [-0.05, 0) is 24.5 Å². The summed E-state index contributed by atoms with van der Waals surface area (Å²) < 4.78 is 5.15. The molecule has 3 rings (SSSR count). The molecule has 1 aliphatic rings. The second-order valence-electron chi connectivity index (χ2n) is 4.58. The average molecular weight is 271 g/mol. The number of aryl methyl sites for hydroxylation is 1. The zero-order valence-corrected chi connectivity index (χ0v) is 11.6. The Bertz CT molecular complexity index is 594. The maximum absolute atomic E-state index is 5.15. The van der Waals surface area contributed by atoms with E-state index in [9.17, 15) is 0 Å². The Kier molecular flexibility index (Phi) is 3.37. The van der Waals surface area contributed by atoms with E-state index < -0.39 is 0 Å². The van der Waals surface area contributed by atoms with Crippen molar-refractivity contribution in [2.45, 2.75) is 12.8 Å². The van der Waals surface area contributed by atoms with E-state index in [1.54, 1.807) is 14.2 Å². The van der Waals surface area contributed by atoms with Crippen molar-refractivity contribution >= 4 is 17.6 Å². The van der Waals surface area contributed by atoms with Crippen molar-refractivity contribution in [1.82, 2.24) is 15.0 Å². The Hall–Kier alpha value is -2.37. The molecule has 0 saturated heterocycles. The third kappa shape index (κ3) is 2.24. The predicted octanol–water partition coefficient (Wildman–Crippen LogP) is 2.01. The van der Waals surface area contributed by atoms with E-state index in [4.69, 9.17) is 4.74 Å². The van der Waals surface area contributed by atoms with Gasteiger partial charge in [-0.3, -0.25) is 0 Å². The number of fused-ring (bicyclic) bond motifs is 1. The highest BCUT2D eigenvalue weighted by atomic mass is 16.5. The minimum atomic E-state index is 0.322. The highest BCUT2D eigenvalue weighted by Gasteiger charge is 2.21. The molecule has 6 heteroatoms. The van der Waals surface area contributed by atoms with E-state index >= 15 is 0 Å². The molecular weight excluding hydrogens is 254 g/mol. The van der Waals surface area contributed by atoms with Crippen LogP contribution in [-0.2, 0) is 6.42 Å². The van der Waals surface area contributed by atoms with Gasteiger partial charge in [0.25, 0.3) is 0 Å². The normalized spacial score (nSPS) is 13.8. The first-order valence-electron chi connectivity index (χ1n) is 6.65. The second kappa shape index (κ2) is 5.32. The van der Waals surface area contributed by atoms with Gasteiger partial charge in [0, 0.05) is 19.3 Å². The van der Waals surface area contributed by atoms with Crippen molar-refractivity contribution in [2.75, 3.05) is 30.9 Å². The molecule has 1 aromatic heterocycles. The van der Waals surface area contributed by atoms with Crippen LogP contribution >= 0.6 is 0 Å². The number of benzene rings is 1. The molecule has 1 aromatic carbocycles. The Morgan fingerprint density at radius 2 is 2.05 bits per heavy atom. The number of nitrogens with one attached hydrogen (secondary N) is 1. The number of hydrogen-bond donors (Lipinski definition) is 1. The average Bonchev–Trinajstić information content (AvgIpc) is 2.53. The number of ether oxygens (including phenoxy) is 1. The molecule has 0 unspecified atom stereocenters. The zero-order chi connectivity index (χ0) is 13.9. The molecule has 6 nitrogen and oxygen atoms in total. The van der Waals surface area contributed by atoms with Gasteiger partial charge in [0.15, 0.2) is 0 Å². The molecule has 0 amide bonds. The molecule has 0 atom stereocenters. The van der Waals surface area contributed by atoms with Gasteiger partial charge in [-0.15, -0.1) is 0 Å². The van der Waals surface area contributed by atoms with Crippen LogP contribution in [0.15, 0.2) is 24.3 Å². The summed E-state index contributed by atoms with van der Waals surface area (Å²) in [6, 6.07) is 8.68. The van der Waals surface area contributed by atoms with Gasteiger partial charge < -0.3 is 15.0 Å². The minimum Gasteiger partial charge on any atom is -0.467 e. The molecule has 0 radical (unpaired) electrons. The Balaban J connectivity index is 2.05. The summed E-state index contributed by atoms with van der Waals surface area (Å²) in [5.74, 6) is 1.13. The van der Waals surface area contributed by atoms with Crippen molar-refractivity contribution in [2.24, 2.45) is 0 Å². The summed E-state index contributed by atoms with van der Waals surface area (Å²) in [4.78, 5) is 15.1. The van der Waals surface area contributed by atoms with E-state index in [0.717, 1.165) is 25.1 Å². The van der Waals surface area contributed by atoms with E-state index in [1.165, 1.54) is 5.56 Å². The van der Waals surface area contributed by atoms with Crippen LogP contribution in [0.2, 0.25) is 0 Å². The summed E-state index contributed by atoms with van der Waals surface area (Å²) in [6.45, 7) is 0.896. The fourth-order valence-corrected chi connectivity index (χ4v) is 2.41. The lowest BCUT2D eigenvalue weighted by molar-refractivity contribution is 0.379. The number of nitrogens with zero attached hydrogens (tertiary/aromatic N) is 4. The van der Waals surface area contributed by atoms with Gasteiger partial charge in [0.05, 0.1) is 7.11 Å². The summed E-state index contributed by atoms with van der Waals surface area (Å²) in [7, 11) is 3.34. The van der Waals surface area contributed by atoms with Gasteiger partial charge in [0.2, 0.25) is 11.9 Å². The molecule has 1 N–H and O–H groups in total. The lowest BCUT2D eigenvalue weighted by Crippen LogP contribution is -2.26. The van der Waals surface area contributed by atoms with Crippen molar-refractivity contribution in [3.63, 3.8) is 0 Å². The quantitative estimate of drug-likeness (QED) is 0.921. The fourth-order valence-electron chi connectivity index (χ4n) is 2.41. The third-order valence-electron chi connectivity index (χ3n) is 3.36. The molecule has 20 heavy (non-hydrogen) atoms. The first kappa shape index (κ1) is 12.7. The maximum Gasteiger partial charge on any atom is 0.322 e. The van der Waals surface area contributed by atoms with Gasteiger partial charge in [-0.1, -0.05) is 18.2 Å². The SMILES string of the molecule is CNc1nc(OC)nc(N2CCCc3ccccc32)n1. The minimum absolute atomic E-state index is 0.322. The molecule has 0 spiro atoms. The topological polar surface area (TPSA) is 63.2 Å². The molecule has 0 fully saturated rings. The molecule has 2 heterocycles. The van der Waals surface area contributed by atoms with Crippen molar-refractivity contribution in [3.8, 4) is 6.01 Å². The highest BCUT2D eigenvalue weighted by molar-refractivity contribution is 5.64. The van der Waals surface area contributed by atoms with Crippen molar-refractivity contribution < 1.29 is 4.74 Å². The monoisotopic (exact) mass is 271 g/mol. The molecular formula is C14H17N5O. The van der Waals surface area contributed by atoms with E-state index in [0.29, 0.717) is 17.9 Å². The van der Waals surface area contributed by atoms with Crippen molar-refractivity contribution in [1.29, 1.82) is 0 Å². The van der Waals surface area contributed by atoms with Crippen LogP contribution < -0.4 is 15.0 Å². The number of rotatable bonds is 3. The summed E-state index contributed by atoms with van der Waals surface area (Å²) in [5, 5.41) is 2.94. The van der Waals surface area contributed by atoms with Crippen LogP contribution in [0.5, 0.6) is 6.01 Å². The molecule has 1 aliphatic heterocycles. The molecule has 0 aliphatic carbocycles. The third-order valence-corrected chi connectivity index (χ3v) is 3.36. The molecule has 2 aromatic rings. The van der Waals surface area contributed by atoms with Crippen molar-refractivity contribution in [3.05, 3.63) is 29.8 Å². The fraction of sp³-hybridized carbons (Fsp3) is 0.357. The largest absolute Gasteiger partial charge is 0.467 e. The first-order chi connectivity index (χ1) is 9.81. The predicted molar refractivity (Wildman–Crippen MR) is 77.7 cm³/mol. The molecule has 104 valence electrons. The first-order valence-corrected chi connectivity index (χ1v) is 6.65.